The molecule has 0 bridgehead atoms. The van der Waals surface area contributed by atoms with Crippen LogP contribution in [0, 0.1) is 41.4 Å². The van der Waals surface area contributed by atoms with Crippen LogP contribution < -0.4 is 0 Å². The van der Waals surface area contributed by atoms with Gasteiger partial charge >= 0.3 is 0 Å². The molecular formula is C31H58O15. The van der Waals surface area contributed by atoms with Gasteiger partial charge in [-0.2, -0.15) is 0 Å². The minimum Gasteiger partial charge on any atom is -0.396 e. The maximum atomic E-state index is 10.8. The molecule has 3 rings (SSSR count). The molecule has 0 aromatic heterocycles. The van der Waals surface area contributed by atoms with Crippen LogP contribution in [0.2, 0.25) is 0 Å². The van der Waals surface area contributed by atoms with Crippen molar-refractivity contribution >= 4 is 0 Å². The van der Waals surface area contributed by atoms with Gasteiger partial charge in [-0.05, 0) is 38.0 Å². The Balaban J connectivity index is 1.39. The lowest BCUT2D eigenvalue weighted by atomic mass is 9.84. The molecule has 11 N–H and O–H groups in total. The molecular weight excluding hydrogens is 612 g/mol. The highest BCUT2D eigenvalue weighted by Crippen LogP contribution is 2.33. The van der Waals surface area contributed by atoms with Gasteiger partial charge in [0.1, 0.15) is 12.2 Å². The Morgan fingerprint density at radius 2 is 1.02 bits per heavy atom. The summed E-state index contributed by atoms with van der Waals surface area (Å²) in [6, 6.07) is 0. The van der Waals surface area contributed by atoms with Gasteiger partial charge in [0.05, 0.1) is 76.1 Å². The number of rotatable bonds is 13. The summed E-state index contributed by atoms with van der Waals surface area (Å²) in [6.45, 7) is 1.89. The number of hydrogen-bond donors (Lipinski definition) is 11. The van der Waals surface area contributed by atoms with E-state index in [0.29, 0.717) is 25.7 Å². The summed E-state index contributed by atoms with van der Waals surface area (Å²) in [6.07, 6.45) is -7.41. The standard InChI is InChI=1S/C31H58O15/c1-17-8-21(10-32)26(36)27(37)22(9-17)15-44-7-4-19-13-45-12-18(24(34)29(39)25(19)35)2-5-43-6-3-20-14-46-16-23(11-33)31(41,42)30(40)28(20)38/h17-30,32-42H,2-16H2,1H3. The zero-order valence-corrected chi connectivity index (χ0v) is 26.7. The minimum absolute atomic E-state index is 0.00947. The molecule has 0 aromatic rings. The van der Waals surface area contributed by atoms with Crippen molar-refractivity contribution in [3.8, 4) is 0 Å². The zero-order valence-electron chi connectivity index (χ0n) is 26.7. The first-order chi connectivity index (χ1) is 21.8. The van der Waals surface area contributed by atoms with E-state index in [-0.39, 0.29) is 83.6 Å². The second kappa shape index (κ2) is 19.0. The van der Waals surface area contributed by atoms with Crippen LogP contribution in [0.1, 0.15) is 39.0 Å². The molecule has 2 heterocycles. The average Bonchev–Trinajstić information content (AvgIpc) is 3.13. The normalized spacial score (nSPS) is 42.8. The van der Waals surface area contributed by atoms with E-state index in [1.807, 2.05) is 6.92 Å². The third-order valence-corrected chi connectivity index (χ3v) is 10.2. The summed E-state index contributed by atoms with van der Waals surface area (Å²) in [5.74, 6) is -6.13. The third-order valence-electron chi connectivity index (χ3n) is 10.2. The molecule has 0 spiro atoms. The Hall–Kier alpha value is -0.600. The molecule has 46 heavy (non-hydrogen) atoms. The molecule has 15 heteroatoms. The van der Waals surface area contributed by atoms with Gasteiger partial charge in [0.25, 0.3) is 0 Å². The van der Waals surface area contributed by atoms with Gasteiger partial charge in [-0.15, -0.1) is 0 Å². The van der Waals surface area contributed by atoms with E-state index in [1.54, 1.807) is 0 Å². The maximum Gasteiger partial charge on any atom is 0.199 e. The lowest BCUT2D eigenvalue weighted by Gasteiger charge is -2.40. The first-order valence-corrected chi connectivity index (χ1v) is 16.6. The van der Waals surface area contributed by atoms with Crippen LogP contribution in [-0.4, -0.2) is 171 Å². The van der Waals surface area contributed by atoms with E-state index < -0.39 is 78.8 Å². The first-order valence-electron chi connectivity index (χ1n) is 16.6. The van der Waals surface area contributed by atoms with E-state index in [4.69, 9.17) is 18.9 Å². The van der Waals surface area contributed by atoms with E-state index in [0.717, 1.165) is 0 Å². The molecule has 14 atom stereocenters. The topological polar surface area (TPSA) is 259 Å². The molecule has 272 valence electrons. The van der Waals surface area contributed by atoms with Crippen molar-refractivity contribution in [1.82, 2.24) is 0 Å². The quantitative estimate of drug-likeness (QED) is 0.0518. The largest absolute Gasteiger partial charge is 0.396 e. The Kier molecular flexibility index (Phi) is 16.4. The smallest absolute Gasteiger partial charge is 0.199 e. The van der Waals surface area contributed by atoms with Crippen molar-refractivity contribution in [1.29, 1.82) is 0 Å². The fraction of sp³-hybridized carbons (Fsp3) is 1.00. The molecule has 1 aliphatic carbocycles. The predicted molar refractivity (Wildman–Crippen MR) is 160 cm³/mol. The van der Waals surface area contributed by atoms with E-state index in [1.165, 1.54) is 0 Å². The van der Waals surface area contributed by atoms with Crippen LogP contribution >= 0.6 is 0 Å². The molecule has 3 aliphatic rings. The van der Waals surface area contributed by atoms with E-state index in [9.17, 15) is 56.2 Å². The van der Waals surface area contributed by atoms with Crippen molar-refractivity contribution in [2.24, 2.45) is 41.4 Å². The molecule has 14 unspecified atom stereocenters. The highest BCUT2D eigenvalue weighted by molar-refractivity contribution is 4.92. The van der Waals surface area contributed by atoms with E-state index in [2.05, 4.69) is 0 Å². The lowest BCUT2D eigenvalue weighted by Crippen LogP contribution is -2.59. The van der Waals surface area contributed by atoms with Crippen molar-refractivity contribution in [2.75, 3.05) is 66.1 Å². The average molecular weight is 671 g/mol. The number of hydrogen-bond acceptors (Lipinski definition) is 15. The SMILES string of the molecule is CC1CC(CO)C(O)C(O)C(COCCC2COCC(CCOCCC3COCC(CO)C(O)(O)C(O)C3O)C(O)C(O)C2O)C1. The second-order valence-electron chi connectivity index (χ2n) is 13.7. The monoisotopic (exact) mass is 670 g/mol. The van der Waals surface area contributed by atoms with Crippen molar-refractivity contribution in [3.05, 3.63) is 0 Å². The molecule has 0 aromatic carbocycles. The Morgan fingerprint density at radius 1 is 0.565 bits per heavy atom. The summed E-state index contributed by atoms with van der Waals surface area (Å²) >= 11 is 0. The summed E-state index contributed by atoms with van der Waals surface area (Å²) in [5, 5.41) is 113. The van der Waals surface area contributed by atoms with Gasteiger partial charge in [-0.25, -0.2) is 0 Å². The van der Waals surface area contributed by atoms with Gasteiger partial charge in [0, 0.05) is 56.0 Å². The Morgan fingerprint density at radius 3 is 1.57 bits per heavy atom. The van der Waals surface area contributed by atoms with Crippen LogP contribution in [0.3, 0.4) is 0 Å². The second-order valence-corrected chi connectivity index (χ2v) is 13.7. The van der Waals surface area contributed by atoms with Gasteiger partial charge < -0.3 is 75.1 Å². The highest BCUT2D eigenvalue weighted by atomic mass is 16.5. The van der Waals surface area contributed by atoms with Crippen molar-refractivity contribution in [3.63, 3.8) is 0 Å². The van der Waals surface area contributed by atoms with Gasteiger partial charge in [0.15, 0.2) is 5.79 Å². The number of aliphatic hydroxyl groups excluding tert-OH is 9. The fourth-order valence-electron chi connectivity index (χ4n) is 6.97. The predicted octanol–water partition coefficient (Wildman–Crippen LogP) is -3.43. The van der Waals surface area contributed by atoms with Gasteiger partial charge in [0.2, 0.25) is 0 Å². The first kappa shape index (κ1) is 39.8. The number of ether oxygens (including phenoxy) is 4. The van der Waals surface area contributed by atoms with Crippen LogP contribution in [0.25, 0.3) is 0 Å². The Labute approximate surface area is 270 Å². The van der Waals surface area contributed by atoms with Crippen molar-refractivity contribution in [2.45, 2.75) is 87.5 Å². The molecule has 2 aliphatic heterocycles. The lowest BCUT2D eigenvalue weighted by molar-refractivity contribution is -0.301. The summed E-state index contributed by atoms with van der Waals surface area (Å²) in [7, 11) is 0. The zero-order chi connectivity index (χ0) is 34.0. The summed E-state index contributed by atoms with van der Waals surface area (Å²) in [4.78, 5) is 0. The molecule has 0 radical (unpaired) electrons. The fourth-order valence-corrected chi connectivity index (χ4v) is 6.97. The maximum absolute atomic E-state index is 10.8. The highest BCUT2D eigenvalue weighted by Gasteiger charge is 2.48. The minimum atomic E-state index is -2.73. The number of aliphatic hydroxyl groups is 11. The molecule has 3 fully saturated rings. The molecule has 2 saturated heterocycles. The van der Waals surface area contributed by atoms with Gasteiger partial charge in [-0.3, -0.25) is 0 Å². The van der Waals surface area contributed by atoms with Crippen LogP contribution in [0.5, 0.6) is 0 Å². The van der Waals surface area contributed by atoms with Gasteiger partial charge in [-0.1, -0.05) is 6.92 Å². The van der Waals surface area contributed by atoms with Crippen molar-refractivity contribution < 1.29 is 75.1 Å². The molecule has 0 amide bonds. The Bertz CT molecular complexity index is 851. The van der Waals surface area contributed by atoms with Crippen LogP contribution in [0.15, 0.2) is 0 Å². The molecule has 1 saturated carbocycles. The van der Waals surface area contributed by atoms with Crippen LogP contribution in [0.4, 0.5) is 0 Å². The van der Waals surface area contributed by atoms with E-state index >= 15 is 0 Å². The third kappa shape index (κ3) is 10.5. The summed E-state index contributed by atoms with van der Waals surface area (Å²) in [5.41, 5.74) is 0. The van der Waals surface area contributed by atoms with Crippen LogP contribution in [-0.2, 0) is 18.9 Å². The summed E-state index contributed by atoms with van der Waals surface area (Å²) < 4.78 is 22.7. The molecule has 15 nitrogen and oxygen atoms in total.